The van der Waals surface area contributed by atoms with Crippen LogP contribution in [-0.4, -0.2) is 35.6 Å². The molecule has 7 nitrogen and oxygen atoms in total. The molecule has 7 heteroatoms. The van der Waals surface area contributed by atoms with Crippen molar-refractivity contribution in [3.05, 3.63) is 35.7 Å². The lowest BCUT2D eigenvalue weighted by Crippen LogP contribution is -2.40. The molecule has 27 heavy (non-hydrogen) atoms. The van der Waals surface area contributed by atoms with Gasteiger partial charge in [0.15, 0.2) is 11.6 Å². The zero-order valence-corrected chi connectivity index (χ0v) is 16.2. The molecule has 144 valence electrons. The molecule has 1 atom stereocenters. The van der Waals surface area contributed by atoms with Crippen LogP contribution in [0.15, 0.2) is 24.5 Å². The Kier molecular flexibility index (Phi) is 5.78. The van der Waals surface area contributed by atoms with E-state index in [-0.39, 0.29) is 11.9 Å². The predicted octanol–water partition coefficient (Wildman–Crippen LogP) is 3.20. The number of esters is 1. The normalized spacial score (nSPS) is 16.9. The second-order valence-electron chi connectivity index (χ2n) is 6.94. The Hall–Kier alpha value is -2.83. The summed E-state index contributed by atoms with van der Waals surface area (Å²) in [6, 6.07) is 6.17. The van der Waals surface area contributed by atoms with Crippen LogP contribution in [0.3, 0.4) is 0 Å². The molecule has 3 rings (SSSR count). The van der Waals surface area contributed by atoms with Gasteiger partial charge in [-0.3, -0.25) is 4.79 Å². The number of nitrogen functional groups attached to an aromatic ring is 1. The Morgan fingerprint density at radius 2 is 2.19 bits per heavy atom. The summed E-state index contributed by atoms with van der Waals surface area (Å²) in [6.45, 7) is 7.69. The van der Waals surface area contributed by atoms with E-state index in [1.165, 1.54) is 11.9 Å². The minimum atomic E-state index is -0.150. The van der Waals surface area contributed by atoms with E-state index in [1.54, 1.807) is 0 Å². The van der Waals surface area contributed by atoms with Crippen LogP contribution in [0.5, 0.6) is 0 Å². The fraction of sp³-hybridized carbons (Fsp3) is 0.450. The zero-order valence-electron chi connectivity index (χ0n) is 16.2. The van der Waals surface area contributed by atoms with Crippen LogP contribution >= 0.6 is 0 Å². The highest BCUT2D eigenvalue weighted by Gasteiger charge is 2.29. The van der Waals surface area contributed by atoms with Crippen molar-refractivity contribution in [1.29, 1.82) is 0 Å². The Morgan fingerprint density at radius 1 is 1.37 bits per heavy atom. The van der Waals surface area contributed by atoms with Crippen LogP contribution in [0.1, 0.15) is 30.9 Å². The Bertz CT molecular complexity index is 824. The van der Waals surface area contributed by atoms with Crippen LogP contribution in [0.4, 0.5) is 23.0 Å². The number of anilines is 4. The second kappa shape index (κ2) is 8.24. The van der Waals surface area contributed by atoms with Gasteiger partial charge in [-0.2, -0.15) is 0 Å². The van der Waals surface area contributed by atoms with Crippen molar-refractivity contribution in [1.82, 2.24) is 9.97 Å². The first-order valence-corrected chi connectivity index (χ1v) is 9.36. The molecule has 0 bridgehead atoms. The smallest absolute Gasteiger partial charge is 0.310 e. The molecule has 1 aromatic carbocycles. The molecule has 1 saturated heterocycles. The molecule has 0 radical (unpaired) electrons. The van der Waals surface area contributed by atoms with Crippen LogP contribution in [-0.2, 0) is 9.53 Å². The molecule has 3 N–H and O–H groups in total. The maximum atomic E-state index is 12.1. The fourth-order valence-corrected chi connectivity index (χ4v) is 3.44. The van der Waals surface area contributed by atoms with E-state index in [0.717, 1.165) is 30.6 Å². The quantitative estimate of drug-likeness (QED) is 0.782. The molecular weight excluding hydrogens is 342 g/mol. The summed E-state index contributed by atoms with van der Waals surface area (Å²) in [5.41, 5.74) is 10.1. The Balaban J connectivity index is 1.81. The molecule has 1 aromatic heterocycles. The minimum Gasteiger partial charge on any atom is -0.466 e. The predicted molar refractivity (Wildman–Crippen MR) is 107 cm³/mol. The van der Waals surface area contributed by atoms with Gasteiger partial charge in [0, 0.05) is 18.8 Å². The highest BCUT2D eigenvalue weighted by molar-refractivity contribution is 5.80. The largest absolute Gasteiger partial charge is 0.466 e. The summed E-state index contributed by atoms with van der Waals surface area (Å²) < 4.78 is 5.18. The number of ether oxygens (including phenoxy) is 1. The van der Waals surface area contributed by atoms with E-state index in [1.807, 2.05) is 26.0 Å². The Morgan fingerprint density at radius 3 is 2.93 bits per heavy atom. The van der Waals surface area contributed by atoms with Gasteiger partial charge in [0.1, 0.15) is 12.0 Å². The summed E-state index contributed by atoms with van der Waals surface area (Å²) >= 11 is 0. The van der Waals surface area contributed by atoms with Gasteiger partial charge in [0.2, 0.25) is 0 Å². The molecule has 0 spiro atoms. The standard InChI is InChI=1S/C20H27N5O2/c1-4-27-20(26)15-6-5-9-25(11-15)19-17(21)18(22-12-23-19)24-16-8-7-13(2)10-14(16)3/h7-8,10,12,15H,4-6,9,11,21H2,1-3H3,(H,22,23,24). The summed E-state index contributed by atoms with van der Waals surface area (Å²) in [7, 11) is 0. The highest BCUT2D eigenvalue weighted by Crippen LogP contribution is 2.32. The van der Waals surface area contributed by atoms with Crippen molar-refractivity contribution in [2.75, 3.05) is 35.6 Å². The van der Waals surface area contributed by atoms with E-state index >= 15 is 0 Å². The van der Waals surface area contributed by atoms with Crippen molar-refractivity contribution in [2.45, 2.75) is 33.6 Å². The molecule has 1 aliphatic rings. The molecule has 1 fully saturated rings. The number of nitrogens with two attached hydrogens (primary N) is 1. The third kappa shape index (κ3) is 4.30. The second-order valence-corrected chi connectivity index (χ2v) is 6.94. The van der Waals surface area contributed by atoms with E-state index in [0.29, 0.717) is 30.5 Å². The average molecular weight is 369 g/mol. The van der Waals surface area contributed by atoms with Crippen molar-refractivity contribution >= 4 is 29.0 Å². The molecule has 1 unspecified atom stereocenters. The van der Waals surface area contributed by atoms with E-state index in [2.05, 4.69) is 33.2 Å². The lowest BCUT2D eigenvalue weighted by atomic mass is 9.98. The van der Waals surface area contributed by atoms with Crippen molar-refractivity contribution in [2.24, 2.45) is 5.92 Å². The number of hydrogen-bond acceptors (Lipinski definition) is 7. The summed E-state index contributed by atoms with van der Waals surface area (Å²) in [6.07, 6.45) is 3.23. The number of rotatable bonds is 5. The van der Waals surface area contributed by atoms with Crippen LogP contribution < -0.4 is 16.0 Å². The number of carbonyl (C=O) groups is 1. The molecule has 2 heterocycles. The van der Waals surface area contributed by atoms with E-state index in [9.17, 15) is 4.79 Å². The molecule has 0 saturated carbocycles. The van der Waals surface area contributed by atoms with Gasteiger partial charge in [0.25, 0.3) is 0 Å². The lowest BCUT2D eigenvalue weighted by molar-refractivity contribution is -0.148. The topological polar surface area (TPSA) is 93.4 Å². The molecule has 0 amide bonds. The van der Waals surface area contributed by atoms with Gasteiger partial charge < -0.3 is 20.7 Å². The minimum absolute atomic E-state index is 0.149. The summed E-state index contributed by atoms with van der Waals surface area (Å²) in [5, 5.41) is 3.31. The maximum Gasteiger partial charge on any atom is 0.310 e. The van der Waals surface area contributed by atoms with Gasteiger partial charge in [-0.05, 0) is 45.2 Å². The van der Waals surface area contributed by atoms with Gasteiger partial charge in [-0.1, -0.05) is 17.7 Å². The monoisotopic (exact) mass is 369 g/mol. The lowest BCUT2D eigenvalue weighted by Gasteiger charge is -2.33. The molecular formula is C20H27N5O2. The third-order valence-corrected chi connectivity index (χ3v) is 4.84. The zero-order chi connectivity index (χ0) is 19.4. The highest BCUT2D eigenvalue weighted by atomic mass is 16.5. The summed E-state index contributed by atoms with van der Waals surface area (Å²) in [4.78, 5) is 22.8. The maximum absolute atomic E-state index is 12.1. The van der Waals surface area contributed by atoms with Gasteiger partial charge in [0.05, 0.1) is 12.5 Å². The van der Waals surface area contributed by atoms with Gasteiger partial charge in [-0.25, -0.2) is 9.97 Å². The first-order valence-electron chi connectivity index (χ1n) is 9.36. The number of hydrogen-bond donors (Lipinski definition) is 2. The number of nitrogens with one attached hydrogen (secondary N) is 1. The van der Waals surface area contributed by atoms with Crippen LogP contribution in [0.2, 0.25) is 0 Å². The van der Waals surface area contributed by atoms with Crippen molar-refractivity contribution < 1.29 is 9.53 Å². The van der Waals surface area contributed by atoms with Crippen molar-refractivity contribution in [3.63, 3.8) is 0 Å². The van der Waals surface area contributed by atoms with Crippen LogP contribution in [0.25, 0.3) is 0 Å². The fourth-order valence-electron chi connectivity index (χ4n) is 3.44. The number of carbonyl (C=O) groups excluding carboxylic acids is 1. The molecule has 2 aromatic rings. The number of aromatic nitrogens is 2. The van der Waals surface area contributed by atoms with Gasteiger partial charge in [-0.15, -0.1) is 0 Å². The van der Waals surface area contributed by atoms with Crippen molar-refractivity contribution in [3.8, 4) is 0 Å². The average Bonchev–Trinajstić information content (AvgIpc) is 2.66. The first kappa shape index (κ1) is 18.9. The van der Waals surface area contributed by atoms with Crippen LogP contribution in [0, 0.1) is 19.8 Å². The SMILES string of the molecule is CCOC(=O)C1CCCN(c2ncnc(Nc3ccc(C)cc3C)c2N)C1. The third-order valence-electron chi connectivity index (χ3n) is 4.84. The van der Waals surface area contributed by atoms with E-state index < -0.39 is 0 Å². The molecule has 0 aliphatic carbocycles. The van der Waals surface area contributed by atoms with Gasteiger partial charge >= 0.3 is 5.97 Å². The van der Waals surface area contributed by atoms with E-state index in [4.69, 9.17) is 10.5 Å². The number of aryl methyl sites for hydroxylation is 2. The molecule has 1 aliphatic heterocycles. The summed E-state index contributed by atoms with van der Waals surface area (Å²) in [5.74, 6) is 0.934. The number of nitrogens with zero attached hydrogens (tertiary/aromatic N) is 3. The first-order chi connectivity index (χ1) is 13.0. The Labute approximate surface area is 159 Å². The number of piperidine rings is 1. The number of benzene rings is 1.